The van der Waals surface area contributed by atoms with E-state index in [1.165, 1.54) is 0 Å². The van der Waals surface area contributed by atoms with E-state index in [0.29, 0.717) is 6.54 Å². The molecular formula is C22H29Cl2N3O2. The Morgan fingerprint density at radius 2 is 2.10 bits per heavy atom. The van der Waals surface area contributed by atoms with Gasteiger partial charge in [-0.1, -0.05) is 36.4 Å². The number of hydrogen-bond acceptors (Lipinski definition) is 4. The van der Waals surface area contributed by atoms with Gasteiger partial charge in [0.2, 0.25) is 0 Å². The second kappa shape index (κ2) is 10.9. The maximum Gasteiger partial charge on any atom is 0.255 e. The largest absolute Gasteiger partial charge is 0.360 e. The number of aromatic nitrogens is 1. The molecule has 1 aromatic heterocycles. The van der Waals surface area contributed by atoms with E-state index < -0.39 is 6.10 Å². The van der Waals surface area contributed by atoms with E-state index in [1.807, 2.05) is 37.4 Å². The summed E-state index contributed by atoms with van der Waals surface area (Å²) in [5, 5.41) is 0.730. The molecule has 2 aliphatic heterocycles. The molecule has 0 bridgehead atoms. The van der Waals surface area contributed by atoms with Gasteiger partial charge in [0.15, 0.2) is 0 Å². The van der Waals surface area contributed by atoms with Crippen LogP contribution in [0.3, 0.4) is 0 Å². The minimum Gasteiger partial charge on any atom is -0.360 e. The summed E-state index contributed by atoms with van der Waals surface area (Å²) in [6, 6.07) is 3.72. The highest BCUT2D eigenvalue weighted by molar-refractivity contribution is 6.30. The average Bonchev–Trinajstić information content (AvgIpc) is 2.69. The number of allylic oxidation sites excluding steroid dienone is 4. The lowest BCUT2D eigenvalue weighted by atomic mass is 9.88. The number of carbonyl (C=O) groups excluding carboxylic acids is 1. The molecule has 0 N–H and O–H groups in total. The van der Waals surface area contributed by atoms with Crippen LogP contribution in [0.4, 0.5) is 0 Å². The molecule has 7 heteroatoms. The summed E-state index contributed by atoms with van der Waals surface area (Å²) in [5.74, 6) is 0.0170. The molecule has 2 saturated heterocycles. The molecule has 0 aliphatic carbocycles. The number of likely N-dealkylation sites (tertiary alicyclic amines) is 1. The number of amides is 1. The zero-order valence-corrected chi connectivity index (χ0v) is 18.4. The third-order valence-electron chi connectivity index (χ3n) is 5.37. The fraction of sp³-hybridized carbons (Fsp3) is 0.455. The van der Waals surface area contributed by atoms with Crippen molar-refractivity contribution in [2.75, 3.05) is 26.2 Å². The lowest BCUT2D eigenvalue weighted by molar-refractivity contribution is -0.184. The molecule has 3 rings (SSSR count). The Hall–Kier alpha value is -1.66. The summed E-state index contributed by atoms with van der Waals surface area (Å²) < 4.78 is 6.20. The lowest BCUT2D eigenvalue weighted by Crippen LogP contribution is -2.60. The van der Waals surface area contributed by atoms with Gasteiger partial charge in [0.25, 0.3) is 5.91 Å². The molecule has 1 unspecified atom stereocenters. The number of piperidine rings is 1. The highest BCUT2D eigenvalue weighted by Gasteiger charge is 2.44. The van der Waals surface area contributed by atoms with Gasteiger partial charge >= 0.3 is 0 Å². The minimum absolute atomic E-state index is 0. The van der Waals surface area contributed by atoms with Gasteiger partial charge in [-0.25, -0.2) is 0 Å². The molecule has 0 aromatic carbocycles. The molecule has 1 atom stereocenters. The van der Waals surface area contributed by atoms with E-state index in [-0.39, 0.29) is 23.9 Å². The van der Waals surface area contributed by atoms with Gasteiger partial charge in [-0.2, -0.15) is 0 Å². The predicted octanol–water partition coefficient (Wildman–Crippen LogP) is 4.04. The van der Waals surface area contributed by atoms with Crippen molar-refractivity contribution >= 4 is 29.9 Å². The van der Waals surface area contributed by atoms with Crippen molar-refractivity contribution in [3.63, 3.8) is 0 Å². The second-order valence-corrected chi connectivity index (χ2v) is 7.86. The third kappa shape index (κ3) is 6.41. The SMILES string of the molecule is C=C/C=C\C=C\N1CC2(CCN(CCc3cc(Cl)ccn3)CC2)OC(C)C1=O.Cl. The van der Waals surface area contributed by atoms with Gasteiger partial charge in [0, 0.05) is 49.2 Å². The van der Waals surface area contributed by atoms with Crippen LogP contribution in [0.25, 0.3) is 0 Å². The van der Waals surface area contributed by atoms with Crippen molar-refractivity contribution in [3.8, 4) is 0 Å². The van der Waals surface area contributed by atoms with Gasteiger partial charge < -0.3 is 14.5 Å². The fourth-order valence-corrected chi connectivity index (χ4v) is 4.01. The number of rotatable bonds is 6. The van der Waals surface area contributed by atoms with E-state index in [9.17, 15) is 4.79 Å². The van der Waals surface area contributed by atoms with Crippen LogP contribution in [0.2, 0.25) is 5.02 Å². The monoisotopic (exact) mass is 437 g/mol. The molecule has 5 nitrogen and oxygen atoms in total. The maximum atomic E-state index is 12.4. The summed E-state index contributed by atoms with van der Waals surface area (Å²) in [6.07, 6.45) is 13.2. The summed E-state index contributed by atoms with van der Waals surface area (Å²) >= 11 is 6.04. The first-order valence-corrected chi connectivity index (χ1v) is 10.2. The van der Waals surface area contributed by atoms with Crippen molar-refractivity contribution in [1.82, 2.24) is 14.8 Å². The topological polar surface area (TPSA) is 45.7 Å². The normalized spacial score (nSPS) is 22.3. The standard InChI is InChI=1S/C22H28ClN3O2.ClH/c1-3-4-5-6-12-26-17-22(28-18(2)21(26)27)9-14-25(15-10-22)13-8-20-16-19(23)7-11-24-20;/h3-7,11-12,16,18H,1,8-10,13-15,17H2,2H3;1H/b5-4-,12-6+;. The summed E-state index contributed by atoms with van der Waals surface area (Å²) in [6.45, 7) is 8.97. The number of ether oxygens (including phenoxy) is 1. The third-order valence-corrected chi connectivity index (χ3v) is 5.61. The van der Waals surface area contributed by atoms with Crippen molar-refractivity contribution in [1.29, 1.82) is 0 Å². The minimum atomic E-state index is -0.413. The first-order valence-electron chi connectivity index (χ1n) is 9.78. The summed E-state index contributed by atoms with van der Waals surface area (Å²) in [5.41, 5.74) is 0.759. The first kappa shape index (κ1) is 23.6. The molecular weight excluding hydrogens is 409 g/mol. The predicted molar refractivity (Wildman–Crippen MR) is 119 cm³/mol. The molecule has 2 aliphatic rings. The Balaban J connectivity index is 0.00000300. The quantitative estimate of drug-likeness (QED) is 0.629. The lowest BCUT2D eigenvalue weighted by Gasteiger charge is -2.48. The molecule has 29 heavy (non-hydrogen) atoms. The Morgan fingerprint density at radius 3 is 2.79 bits per heavy atom. The maximum absolute atomic E-state index is 12.4. The fourth-order valence-electron chi connectivity index (χ4n) is 3.83. The van der Waals surface area contributed by atoms with Crippen molar-refractivity contribution in [3.05, 3.63) is 66.1 Å². The summed E-state index contributed by atoms with van der Waals surface area (Å²) in [4.78, 5) is 21.1. The molecule has 0 saturated carbocycles. The molecule has 158 valence electrons. The smallest absolute Gasteiger partial charge is 0.255 e. The van der Waals surface area contributed by atoms with Crippen molar-refractivity contribution in [2.24, 2.45) is 0 Å². The number of hydrogen-bond donors (Lipinski definition) is 0. The zero-order chi connectivity index (χ0) is 20.0. The molecule has 1 aromatic rings. The van der Waals surface area contributed by atoms with Gasteiger partial charge in [-0.3, -0.25) is 9.78 Å². The zero-order valence-electron chi connectivity index (χ0n) is 16.8. The number of nitrogens with zero attached hydrogens (tertiary/aromatic N) is 3. The molecule has 3 heterocycles. The van der Waals surface area contributed by atoms with Crippen LogP contribution in [0.15, 0.2) is 55.4 Å². The highest BCUT2D eigenvalue weighted by Crippen LogP contribution is 2.33. The van der Waals surface area contributed by atoms with E-state index in [4.69, 9.17) is 16.3 Å². The molecule has 1 spiro atoms. The van der Waals surface area contributed by atoms with Crippen molar-refractivity contribution in [2.45, 2.75) is 37.9 Å². The second-order valence-electron chi connectivity index (χ2n) is 7.43. The van der Waals surface area contributed by atoms with E-state index in [1.54, 1.807) is 23.2 Å². The highest BCUT2D eigenvalue weighted by atomic mass is 35.5. The van der Waals surface area contributed by atoms with Crippen LogP contribution in [0, 0.1) is 0 Å². The van der Waals surface area contributed by atoms with Gasteiger partial charge in [-0.15, -0.1) is 12.4 Å². The number of halogens is 2. The summed E-state index contributed by atoms with van der Waals surface area (Å²) in [7, 11) is 0. The number of morpholine rings is 1. The van der Waals surface area contributed by atoms with Crippen LogP contribution < -0.4 is 0 Å². The van der Waals surface area contributed by atoms with E-state index in [0.717, 1.165) is 49.6 Å². The Morgan fingerprint density at radius 1 is 1.34 bits per heavy atom. The Labute approximate surface area is 184 Å². The van der Waals surface area contributed by atoms with Gasteiger partial charge in [-0.05, 0) is 38.0 Å². The van der Waals surface area contributed by atoms with Crippen molar-refractivity contribution < 1.29 is 9.53 Å². The van der Waals surface area contributed by atoms with Crippen LogP contribution in [-0.2, 0) is 16.0 Å². The Kier molecular flexibility index (Phi) is 8.90. The van der Waals surface area contributed by atoms with E-state index >= 15 is 0 Å². The van der Waals surface area contributed by atoms with Crippen LogP contribution >= 0.6 is 24.0 Å². The molecule has 2 fully saturated rings. The Bertz CT molecular complexity index is 758. The average molecular weight is 438 g/mol. The first-order chi connectivity index (χ1) is 13.5. The van der Waals surface area contributed by atoms with Gasteiger partial charge in [0.05, 0.1) is 12.1 Å². The number of carbonyl (C=O) groups is 1. The van der Waals surface area contributed by atoms with Crippen LogP contribution in [0.1, 0.15) is 25.5 Å². The van der Waals surface area contributed by atoms with Crippen LogP contribution in [-0.4, -0.2) is 58.6 Å². The molecule has 0 radical (unpaired) electrons. The number of pyridine rings is 1. The van der Waals surface area contributed by atoms with E-state index in [2.05, 4.69) is 16.5 Å². The van der Waals surface area contributed by atoms with Crippen LogP contribution in [0.5, 0.6) is 0 Å². The molecule has 1 amide bonds. The van der Waals surface area contributed by atoms with Gasteiger partial charge in [0.1, 0.15) is 6.10 Å².